The maximum absolute atomic E-state index is 3.59. The van der Waals surface area contributed by atoms with Gasteiger partial charge in [0.1, 0.15) is 0 Å². The smallest absolute Gasteiger partial charge is 0.0848 e. The highest BCUT2D eigenvalue weighted by Crippen LogP contribution is 2.22. The lowest BCUT2D eigenvalue weighted by atomic mass is 10.2. The Balaban J connectivity index is 2.03. The molecule has 15 heavy (non-hydrogen) atoms. The largest absolute Gasteiger partial charge is 0.368 e. The molecule has 2 nitrogen and oxygen atoms in total. The minimum absolute atomic E-state index is 0.0673. The number of anilines is 1. The van der Waals surface area contributed by atoms with Crippen LogP contribution in [0, 0.1) is 0 Å². The molecule has 2 heteroatoms. The van der Waals surface area contributed by atoms with Crippen molar-refractivity contribution >= 4 is 5.69 Å². The molecule has 0 saturated carbocycles. The van der Waals surface area contributed by atoms with Crippen molar-refractivity contribution in [2.24, 2.45) is 0 Å². The van der Waals surface area contributed by atoms with Crippen molar-refractivity contribution in [3.8, 4) is 0 Å². The molecule has 0 aromatic heterocycles. The quantitative estimate of drug-likeness (QED) is 0.814. The van der Waals surface area contributed by atoms with E-state index in [9.17, 15) is 0 Å². The molecule has 1 N–H and O–H groups in total. The third-order valence-electron chi connectivity index (χ3n) is 3.12. The van der Waals surface area contributed by atoms with Crippen LogP contribution in [0.15, 0.2) is 30.3 Å². The zero-order valence-electron chi connectivity index (χ0n) is 9.66. The molecule has 1 saturated heterocycles. The summed E-state index contributed by atoms with van der Waals surface area (Å²) >= 11 is 0. The summed E-state index contributed by atoms with van der Waals surface area (Å²) in [6.45, 7) is 6.94. The SMILES string of the molecule is CC(C)(Nc1ccccc1)N1CCCC1. The van der Waals surface area contributed by atoms with Gasteiger partial charge in [-0.05, 0) is 38.8 Å². The van der Waals surface area contributed by atoms with Crippen LogP contribution in [0.25, 0.3) is 0 Å². The van der Waals surface area contributed by atoms with Crippen LogP contribution in [0.5, 0.6) is 0 Å². The van der Waals surface area contributed by atoms with E-state index in [2.05, 4.69) is 48.3 Å². The second kappa shape index (κ2) is 4.23. The normalized spacial score (nSPS) is 18.0. The molecule has 1 aliphatic rings. The summed E-state index contributed by atoms with van der Waals surface area (Å²) in [5.74, 6) is 0. The minimum atomic E-state index is 0.0673. The van der Waals surface area contributed by atoms with Gasteiger partial charge in [-0.25, -0.2) is 0 Å². The fourth-order valence-electron chi connectivity index (χ4n) is 2.23. The van der Waals surface area contributed by atoms with Crippen LogP contribution in [0.4, 0.5) is 5.69 Å². The first-order chi connectivity index (χ1) is 7.18. The maximum Gasteiger partial charge on any atom is 0.0848 e. The van der Waals surface area contributed by atoms with Crippen molar-refractivity contribution in [2.45, 2.75) is 32.4 Å². The van der Waals surface area contributed by atoms with Gasteiger partial charge < -0.3 is 5.32 Å². The zero-order valence-corrected chi connectivity index (χ0v) is 9.66. The van der Waals surface area contributed by atoms with Crippen molar-refractivity contribution in [1.82, 2.24) is 4.90 Å². The summed E-state index contributed by atoms with van der Waals surface area (Å²) in [6, 6.07) is 10.4. The average molecular weight is 204 g/mol. The van der Waals surface area contributed by atoms with Gasteiger partial charge in [-0.3, -0.25) is 4.90 Å². The molecule has 0 aliphatic carbocycles. The van der Waals surface area contributed by atoms with E-state index >= 15 is 0 Å². The molecule has 1 aromatic rings. The second-order valence-corrected chi connectivity index (χ2v) is 4.74. The minimum Gasteiger partial charge on any atom is -0.368 e. The average Bonchev–Trinajstić information content (AvgIpc) is 2.71. The van der Waals surface area contributed by atoms with E-state index < -0.39 is 0 Å². The van der Waals surface area contributed by atoms with Crippen LogP contribution in [-0.4, -0.2) is 23.7 Å². The van der Waals surface area contributed by atoms with Crippen LogP contribution >= 0.6 is 0 Å². The van der Waals surface area contributed by atoms with Gasteiger partial charge in [0.05, 0.1) is 5.66 Å². The van der Waals surface area contributed by atoms with Crippen molar-refractivity contribution in [1.29, 1.82) is 0 Å². The number of nitrogens with one attached hydrogen (secondary N) is 1. The Morgan fingerprint density at radius 3 is 2.27 bits per heavy atom. The summed E-state index contributed by atoms with van der Waals surface area (Å²) in [5, 5.41) is 3.59. The first kappa shape index (κ1) is 10.5. The van der Waals surface area contributed by atoms with Gasteiger partial charge >= 0.3 is 0 Å². The number of hydrogen-bond acceptors (Lipinski definition) is 2. The number of hydrogen-bond donors (Lipinski definition) is 1. The number of nitrogens with zero attached hydrogens (tertiary/aromatic N) is 1. The Morgan fingerprint density at radius 1 is 1.07 bits per heavy atom. The molecule has 0 unspecified atom stereocenters. The summed E-state index contributed by atoms with van der Waals surface area (Å²) in [5.41, 5.74) is 1.27. The van der Waals surface area contributed by atoms with E-state index in [-0.39, 0.29) is 5.66 Å². The maximum atomic E-state index is 3.59. The van der Waals surface area contributed by atoms with E-state index in [0.717, 1.165) is 0 Å². The van der Waals surface area contributed by atoms with Crippen LogP contribution in [0.2, 0.25) is 0 Å². The van der Waals surface area contributed by atoms with E-state index in [1.165, 1.54) is 31.6 Å². The lowest BCUT2D eigenvalue weighted by Crippen LogP contribution is -2.48. The Kier molecular flexibility index (Phi) is 2.96. The summed E-state index contributed by atoms with van der Waals surface area (Å²) in [4.78, 5) is 2.51. The van der Waals surface area contributed by atoms with Crippen molar-refractivity contribution in [2.75, 3.05) is 18.4 Å². The van der Waals surface area contributed by atoms with Gasteiger partial charge in [0.2, 0.25) is 0 Å². The number of rotatable bonds is 3. The Bertz CT molecular complexity index is 300. The molecule has 0 amide bonds. The van der Waals surface area contributed by atoms with Crippen LogP contribution in [0.1, 0.15) is 26.7 Å². The molecule has 0 radical (unpaired) electrons. The lowest BCUT2D eigenvalue weighted by molar-refractivity contribution is 0.184. The van der Waals surface area contributed by atoms with Crippen molar-refractivity contribution in [3.63, 3.8) is 0 Å². The highest BCUT2D eigenvalue weighted by molar-refractivity contribution is 5.44. The van der Waals surface area contributed by atoms with E-state index in [4.69, 9.17) is 0 Å². The number of benzene rings is 1. The van der Waals surface area contributed by atoms with E-state index in [1.807, 2.05) is 6.07 Å². The highest BCUT2D eigenvalue weighted by Gasteiger charge is 2.28. The van der Waals surface area contributed by atoms with Gasteiger partial charge in [-0.15, -0.1) is 0 Å². The number of para-hydroxylation sites is 1. The summed E-state index contributed by atoms with van der Waals surface area (Å²) < 4.78 is 0. The van der Waals surface area contributed by atoms with Gasteiger partial charge in [0.25, 0.3) is 0 Å². The molecule has 1 aliphatic heterocycles. The van der Waals surface area contributed by atoms with E-state index in [1.54, 1.807) is 0 Å². The molecule has 1 fully saturated rings. The molecular weight excluding hydrogens is 184 g/mol. The molecular formula is C13H20N2. The molecule has 2 rings (SSSR count). The first-order valence-corrected chi connectivity index (χ1v) is 5.77. The predicted molar refractivity (Wildman–Crippen MR) is 65.0 cm³/mol. The number of likely N-dealkylation sites (tertiary alicyclic amines) is 1. The van der Waals surface area contributed by atoms with Gasteiger partial charge in [0, 0.05) is 18.8 Å². The fraction of sp³-hybridized carbons (Fsp3) is 0.538. The van der Waals surface area contributed by atoms with Crippen LogP contribution in [0.3, 0.4) is 0 Å². The van der Waals surface area contributed by atoms with E-state index in [0.29, 0.717) is 0 Å². The monoisotopic (exact) mass is 204 g/mol. The molecule has 0 atom stereocenters. The summed E-state index contributed by atoms with van der Waals surface area (Å²) in [6.07, 6.45) is 2.67. The highest BCUT2D eigenvalue weighted by atomic mass is 15.3. The predicted octanol–water partition coefficient (Wildman–Crippen LogP) is 2.93. The first-order valence-electron chi connectivity index (χ1n) is 5.77. The van der Waals surface area contributed by atoms with Gasteiger partial charge in [0.15, 0.2) is 0 Å². The van der Waals surface area contributed by atoms with Gasteiger partial charge in [-0.2, -0.15) is 0 Å². The molecule has 82 valence electrons. The third-order valence-corrected chi connectivity index (χ3v) is 3.12. The van der Waals surface area contributed by atoms with Gasteiger partial charge in [-0.1, -0.05) is 18.2 Å². The Hall–Kier alpha value is -1.02. The molecule has 0 bridgehead atoms. The molecule has 1 heterocycles. The topological polar surface area (TPSA) is 15.3 Å². The zero-order chi connectivity index (χ0) is 10.7. The van der Waals surface area contributed by atoms with Crippen LogP contribution in [-0.2, 0) is 0 Å². The van der Waals surface area contributed by atoms with Crippen molar-refractivity contribution in [3.05, 3.63) is 30.3 Å². The molecule has 1 aromatic carbocycles. The molecule has 0 spiro atoms. The lowest BCUT2D eigenvalue weighted by Gasteiger charge is -2.37. The standard InChI is InChI=1S/C13H20N2/c1-13(2,15-10-6-7-11-15)14-12-8-4-3-5-9-12/h3-5,8-9,14H,6-7,10-11H2,1-2H3. The summed E-state index contributed by atoms with van der Waals surface area (Å²) in [7, 11) is 0. The second-order valence-electron chi connectivity index (χ2n) is 4.74. The Labute approximate surface area is 92.3 Å². The Morgan fingerprint density at radius 2 is 1.67 bits per heavy atom. The third kappa shape index (κ3) is 2.51. The fourth-order valence-corrected chi connectivity index (χ4v) is 2.23. The van der Waals surface area contributed by atoms with Crippen LogP contribution < -0.4 is 5.32 Å². The van der Waals surface area contributed by atoms with Crippen molar-refractivity contribution < 1.29 is 0 Å².